The number of carbonyl (C=O) groups is 3. The molecule has 92 heavy (non-hydrogen) atoms. The molecule has 4 aromatic carbocycles. The fourth-order valence-corrected chi connectivity index (χ4v) is 13.6. The van der Waals surface area contributed by atoms with E-state index in [0.717, 1.165) is 92.3 Å². The van der Waals surface area contributed by atoms with E-state index in [1.54, 1.807) is 36.4 Å². The van der Waals surface area contributed by atoms with Gasteiger partial charge in [-0.2, -0.15) is 17.6 Å². The van der Waals surface area contributed by atoms with Gasteiger partial charge in [0.1, 0.15) is 28.2 Å². The molecule has 4 aromatic rings. The van der Waals surface area contributed by atoms with Crippen LogP contribution in [0.3, 0.4) is 0 Å². The summed E-state index contributed by atoms with van der Waals surface area (Å²) >= 11 is 2.50. The molecule has 0 radical (unpaired) electrons. The third-order valence-corrected chi connectivity index (χ3v) is 19.0. The molecule has 24 nitrogen and oxygen atoms in total. The number of hydroxylamine groups is 2. The second kappa shape index (κ2) is 38.6. The quantitative estimate of drug-likeness (QED) is 0.00634. The second-order valence-electron chi connectivity index (χ2n) is 22.1. The van der Waals surface area contributed by atoms with Gasteiger partial charge in [0.05, 0.1) is 32.5 Å². The van der Waals surface area contributed by atoms with Gasteiger partial charge >= 0.3 is 124 Å². The molecule has 33 heteroatoms. The molecule has 0 unspecified atom stereocenters. The first kappa shape index (κ1) is 82.7. The second-order valence-corrected chi connectivity index (χ2v) is 27.3. The summed E-state index contributed by atoms with van der Waals surface area (Å²) in [5, 5.41) is 44.0. The zero-order valence-corrected chi connectivity index (χ0v) is 64.8. The maximum absolute atomic E-state index is 12.7. The average molecular weight is 1400 g/mol. The third-order valence-electron chi connectivity index (χ3n) is 15.6. The van der Waals surface area contributed by atoms with Crippen LogP contribution in [0.4, 0.5) is 17.1 Å². The van der Waals surface area contributed by atoms with Gasteiger partial charge in [-0.3, -0.25) is 24.7 Å². The summed E-state index contributed by atoms with van der Waals surface area (Å²) in [6.45, 7) is 10.1. The van der Waals surface area contributed by atoms with Crippen LogP contribution < -0.4 is 149 Å². The SMILES string of the molecule is CC1(C)C(/C=C/C2=C(Oc3ccc(SOO[O-])cc3)C(=C/C=C3/N(CCCCCC(=O)ON4C(=O)CCC4=O)c4ccc5cc(S(=O)(=O)[O-])ccc5c4C3(C)C)/CCC2)=[N+](CCCS(=O)(=O)[O-])c2ccc(N(CCCSOO[O-])CCCSOO[O-])cc21.[Na+].[Na+].[Na+].[Na+]. The van der Waals surface area contributed by atoms with Gasteiger partial charge < -0.3 is 44.3 Å². The smallest absolute Gasteiger partial charge is 0.748 e. The Morgan fingerprint density at radius 3 is 2.01 bits per heavy atom. The molecule has 1 aliphatic carbocycles. The fraction of sp³-hybridized carbons (Fsp3) is 0.424. The topological polar surface area (TPSA) is 321 Å². The van der Waals surface area contributed by atoms with Gasteiger partial charge in [-0.15, -0.1) is 5.06 Å². The van der Waals surface area contributed by atoms with Crippen molar-refractivity contribution in [2.75, 3.05) is 53.2 Å². The number of hydrogen-bond acceptors (Lipinski definition) is 25. The van der Waals surface area contributed by atoms with Crippen molar-refractivity contribution in [2.45, 2.75) is 125 Å². The Kier molecular flexibility index (Phi) is 34.7. The zero-order chi connectivity index (χ0) is 63.2. The van der Waals surface area contributed by atoms with E-state index < -0.39 is 54.6 Å². The predicted octanol–water partition coefficient (Wildman–Crippen LogP) is -4.52. The minimum Gasteiger partial charge on any atom is -0.748 e. The number of ether oxygens (including phenoxy) is 1. The Balaban J connectivity index is 0.00000451. The normalized spacial score (nSPS) is 16.8. The fourth-order valence-electron chi connectivity index (χ4n) is 11.5. The first-order chi connectivity index (χ1) is 42.0. The standard InChI is InChI=1S/C59H70N4O20S5.4Na/c1-58(2)48-39-43(60(31-9-35-84-81-78-67)32-10-36-85-82-79-68)18-26-49(48)61(34-11-37-87(70,71)72)51(58)27-16-40-12-8-13-41(57(40)76-44-19-21-45(22-20-44)86-83-80-69)17-28-52-59(3,4)56-47-24-23-46(88(73,74)75)38-42(47)15-25-50(56)62(52)33-7-5-6-14-55(66)77-63-53(64)29-30-54(63)65;;;;/h15-28,38-39H,5-14,29-37H2,1-4H3,(H4-,67,68,69,70,71,72,73,74,75);;;;/q;4*+1/p-4. The molecule has 1 fully saturated rings. The number of unbranched alkanes of at least 4 members (excludes halogenated alkanes) is 2. The number of hydrogen-bond donors (Lipinski definition) is 0. The first-order valence-electron chi connectivity index (χ1n) is 28.3. The summed E-state index contributed by atoms with van der Waals surface area (Å²) in [5.74, 6) is -0.452. The zero-order valence-electron chi connectivity index (χ0n) is 52.7. The van der Waals surface area contributed by atoms with E-state index in [1.807, 2.05) is 41.0 Å². The predicted molar refractivity (Wildman–Crippen MR) is 318 cm³/mol. The van der Waals surface area contributed by atoms with E-state index in [0.29, 0.717) is 109 Å². The molecule has 3 aliphatic heterocycles. The van der Waals surface area contributed by atoms with Gasteiger partial charge in [-0.05, 0) is 153 Å². The molecule has 0 N–H and O–H groups in total. The molecule has 2 amide bonds. The molecule has 476 valence electrons. The summed E-state index contributed by atoms with van der Waals surface area (Å²) in [6, 6.07) is 20.9. The van der Waals surface area contributed by atoms with Crippen molar-refractivity contribution in [1.82, 2.24) is 5.06 Å². The number of benzene rings is 4. The molecule has 4 aliphatic rings. The molecule has 0 saturated carbocycles. The average Bonchev–Trinajstić information content (AvgIpc) is 1.56. The Labute approximate surface area is 637 Å². The third kappa shape index (κ3) is 21.9. The van der Waals surface area contributed by atoms with Crippen molar-refractivity contribution < 1.29 is 217 Å². The number of imide groups is 1. The van der Waals surface area contributed by atoms with Gasteiger partial charge in [0, 0.05) is 132 Å². The van der Waals surface area contributed by atoms with Crippen LogP contribution in [0.25, 0.3) is 10.8 Å². The van der Waals surface area contributed by atoms with Crippen molar-refractivity contribution in [3.8, 4) is 5.75 Å². The Morgan fingerprint density at radius 2 is 1.38 bits per heavy atom. The van der Waals surface area contributed by atoms with E-state index >= 15 is 0 Å². The van der Waals surface area contributed by atoms with Crippen LogP contribution in [0.1, 0.15) is 116 Å². The maximum Gasteiger partial charge on any atom is 1.00 e. The van der Waals surface area contributed by atoms with E-state index in [-0.39, 0.29) is 155 Å². The number of nitrogens with zero attached hydrogens (tertiary/aromatic N) is 4. The summed E-state index contributed by atoms with van der Waals surface area (Å²) in [7, 11) is -9.31. The van der Waals surface area contributed by atoms with Crippen molar-refractivity contribution in [1.29, 1.82) is 0 Å². The van der Waals surface area contributed by atoms with Gasteiger partial charge in [-0.1, -0.05) is 38.5 Å². The number of amides is 2. The number of carbonyl (C=O) groups excluding carboxylic acids is 3. The Morgan fingerprint density at radius 1 is 0.717 bits per heavy atom. The molecule has 3 heterocycles. The van der Waals surface area contributed by atoms with Crippen LogP contribution in [0.15, 0.2) is 129 Å². The number of allylic oxidation sites excluding steroid dienone is 7. The Bertz CT molecular complexity index is 3580. The maximum atomic E-state index is 12.7. The minimum atomic E-state index is -4.76. The van der Waals surface area contributed by atoms with Crippen LogP contribution in [0.5, 0.6) is 5.75 Å². The van der Waals surface area contributed by atoms with Crippen molar-refractivity contribution in [3.63, 3.8) is 0 Å². The van der Waals surface area contributed by atoms with Gasteiger partial charge in [0.25, 0.3) is 11.8 Å². The Hall–Kier alpha value is -1.71. The van der Waals surface area contributed by atoms with Gasteiger partial charge in [0.2, 0.25) is 5.69 Å². The molecule has 0 spiro atoms. The van der Waals surface area contributed by atoms with Crippen molar-refractivity contribution in [3.05, 3.63) is 131 Å². The molecule has 1 saturated heterocycles. The van der Waals surface area contributed by atoms with Gasteiger partial charge in [-0.25, -0.2) is 21.6 Å². The molecule has 0 aromatic heterocycles. The number of rotatable bonds is 33. The first-order valence-corrected chi connectivity index (χ1v) is 33.9. The van der Waals surface area contributed by atoms with E-state index in [2.05, 4.69) is 77.8 Å². The molecule has 8 rings (SSSR count). The summed E-state index contributed by atoms with van der Waals surface area (Å²) in [6.07, 6.45) is 12.8. The molecule has 0 atom stereocenters. The van der Waals surface area contributed by atoms with Crippen LogP contribution in [0, 0.1) is 0 Å². The molecular weight excluding hydrogens is 1340 g/mol. The summed E-state index contributed by atoms with van der Waals surface area (Å²) in [5.41, 5.74) is 6.35. The van der Waals surface area contributed by atoms with E-state index in [4.69, 9.17) is 9.57 Å². The monoisotopic (exact) mass is 1400 g/mol. The van der Waals surface area contributed by atoms with E-state index in [1.165, 1.54) is 12.1 Å². The number of fused-ring (bicyclic) bond motifs is 4. The van der Waals surface area contributed by atoms with Crippen LogP contribution in [-0.4, -0.2) is 103 Å². The van der Waals surface area contributed by atoms with Crippen LogP contribution >= 0.6 is 36.1 Å². The molecule has 0 bridgehead atoms. The van der Waals surface area contributed by atoms with E-state index in [9.17, 15) is 56.1 Å². The van der Waals surface area contributed by atoms with Crippen molar-refractivity contribution >= 4 is 108 Å². The van der Waals surface area contributed by atoms with Crippen LogP contribution in [0.2, 0.25) is 0 Å². The molecular formula is C59H66N4Na4O20S5. The van der Waals surface area contributed by atoms with Crippen molar-refractivity contribution in [2.24, 2.45) is 0 Å². The number of anilines is 2. The van der Waals surface area contributed by atoms with Crippen LogP contribution in [-0.2, 0) is 78.4 Å². The minimum absolute atomic E-state index is 0. The van der Waals surface area contributed by atoms with Gasteiger partial charge in [0.15, 0.2) is 5.71 Å². The summed E-state index contributed by atoms with van der Waals surface area (Å²) in [4.78, 5) is 46.5. The largest absolute Gasteiger partial charge is 1.00 e. The summed E-state index contributed by atoms with van der Waals surface area (Å²) < 4.78 is 95.0.